The van der Waals surface area contributed by atoms with Gasteiger partial charge in [0.05, 0.1) is 5.92 Å². The van der Waals surface area contributed by atoms with Crippen LogP contribution in [-0.4, -0.2) is 68.0 Å². The molecule has 2 aliphatic heterocycles. The van der Waals surface area contributed by atoms with Crippen LogP contribution in [0.15, 0.2) is 0 Å². The number of carbonyl (C=O) groups is 1. The molecule has 7 nitrogen and oxygen atoms in total. The molecule has 0 spiro atoms. The summed E-state index contributed by atoms with van der Waals surface area (Å²) in [5.41, 5.74) is 0. The SMILES string of the molecule is O=C(O)C1CCCN(S(=O)(=O)NCCCN2CCCC2)C1. The maximum Gasteiger partial charge on any atom is 0.307 e. The van der Waals surface area contributed by atoms with E-state index >= 15 is 0 Å². The third-order valence-corrected chi connectivity index (χ3v) is 5.79. The Kier molecular flexibility index (Phi) is 5.98. The first-order valence-electron chi connectivity index (χ1n) is 7.69. The molecule has 122 valence electrons. The normalized spacial score (nSPS) is 25.2. The number of likely N-dealkylation sites (tertiary alicyclic amines) is 1. The van der Waals surface area contributed by atoms with Crippen molar-refractivity contribution in [2.75, 3.05) is 39.3 Å². The average molecular weight is 319 g/mol. The summed E-state index contributed by atoms with van der Waals surface area (Å²) in [6.45, 7) is 4.04. The van der Waals surface area contributed by atoms with Gasteiger partial charge in [-0.05, 0) is 51.7 Å². The lowest BCUT2D eigenvalue weighted by molar-refractivity contribution is -0.142. The Balaban J connectivity index is 1.73. The number of nitrogens with zero attached hydrogens (tertiary/aromatic N) is 2. The van der Waals surface area contributed by atoms with Gasteiger partial charge < -0.3 is 10.0 Å². The van der Waals surface area contributed by atoms with E-state index in [1.807, 2.05) is 0 Å². The Morgan fingerprint density at radius 3 is 2.57 bits per heavy atom. The summed E-state index contributed by atoms with van der Waals surface area (Å²) in [5, 5.41) is 9.01. The summed E-state index contributed by atoms with van der Waals surface area (Å²) in [5.74, 6) is -1.50. The number of nitrogens with one attached hydrogen (secondary N) is 1. The van der Waals surface area contributed by atoms with Gasteiger partial charge in [0, 0.05) is 19.6 Å². The van der Waals surface area contributed by atoms with Gasteiger partial charge >= 0.3 is 5.97 Å². The van der Waals surface area contributed by atoms with Crippen molar-refractivity contribution < 1.29 is 18.3 Å². The third kappa shape index (κ3) is 4.91. The van der Waals surface area contributed by atoms with E-state index in [0.29, 0.717) is 25.9 Å². The lowest BCUT2D eigenvalue weighted by Gasteiger charge is -2.29. The van der Waals surface area contributed by atoms with Crippen LogP contribution in [0.3, 0.4) is 0 Å². The Morgan fingerprint density at radius 2 is 1.90 bits per heavy atom. The second kappa shape index (κ2) is 7.53. The topological polar surface area (TPSA) is 90.0 Å². The van der Waals surface area contributed by atoms with Crippen LogP contribution in [0.25, 0.3) is 0 Å². The second-order valence-electron chi connectivity index (χ2n) is 5.84. The zero-order valence-corrected chi connectivity index (χ0v) is 13.1. The molecule has 2 N–H and O–H groups in total. The summed E-state index contributed by atoms with van der Waals surface area (Å²) in [7, 11) is -3.54. The largest absolute Gasteiger partial charge is 0.481 e. The predicted octanol–water partition coefficient (Wildman–Crippen LogP) is 0.103. The number of piperidine rings is 1. The molecule has 2 saturated heterocycles. The number of aliphatic carboxylic acids is 1. The van der Waals surface area contributed by atoms with Gasteiger partial charge in [0.2, 0.25) is 0 Å². The van der Waals surface area contributed by atoms with Crippen LogP contribution in [0.2, 0.25) is 0 Å². The first-order valence-corrected chi connectivity index (χ1v) is 9.13. The molecular weight excluding hydrogens is 294 g/mol. The quantitative estimate of drug-likeness (QED) is 0.650. The highest BCUT2D eigenvalue weighted by Gasteiger charge is 2.31. The third-order valence-electron chi connectivity index (χ3n) is 4.21. The van der Waals surface area contributed by atoms with Crippen molar-refractivity contribution in [3.8, 4) is 0 Å². The highest BCUT2D eigenvalue weighted by molar-refractivity contribution is 7.87. The van der Waals surface area contributed by atoms with Gasteiger partial charge in [-0.25, -0.2) is 4.72 Å². The molecule has 0 radical (unpaired) electrons. The van der Waals surface area contributed by atoms with Crippen molar-refractivity contribution >= 4 is 16.2 Å². The van der Waals surface area contributed by atoms with Gasteiger partial charge in [-0.3, -0.25) is 4.79 Å². The molecule has 0 aliphatic carbocycles. The molecule has 2 fully saturated rings. The molecule has 21 heavy (non-hydrogen) atoms. The fraction of sp³-hybridized carbons (Fsp3) is 0.923. The van der Waals surface area contributed by atoms with Crippen LogP contribution < -0.4 is 4.72 Å². The van der Waals surface area contributed by atoms with Crippen molar-refractivity contribution in [2.24, 2.45) is 5.92 Å². The Hall–Kier alpha value is -0.700. The zero-order valence-electron chi connectivity index (χ0n) is 12.3. The van der Waals surface area contributed by atoms with Crippen molar-refractivity contribution in [1.29, 1.82) is 0 Å². The standard InChI is InChI=1S/C13H25N3O4S/c17-13(18)12-5-3-10-16(11-12)21(19,20)14-6-4-9-15-7-1-2-8-15/h12,14H,1-11H2,(H,17,18). The summed E-state index contributed by atoms with van der Waals surface area (Å²) in [6.07, 6.45) is 4.41. The minimum atomic E-state index is -3.54. The number of carboxylic acid groups (broad SMARTS) is 1. The van der Waals surface area contributed by atoms with Crippen LogP contribution in [0.5, 0.6) is 0 Å². The molecule has 0 aromatic rings. The Labute approximate surface area is 126 Å². The minimum Gasteiger partial charge on any atom is -0.481 e. The molecule has 0 amide bonds. The first kappa shape index (κ1) is 16.7. The van der Waals surface area contributed by atoms with Gasteiger partial charge in [-0.2, -0.15) is 12.7 Å². The molecule has 8 heteroatoms. The minimum absolute atomic E-state index is 0.0802. The average Bonchev–Trinajstić information content (AvgIpc) is 2.97. The van der Waals surface area contributed by atoms with Gasteiger partial charge in [0.1, 0.15) is 0 Å². The lowest BCUT2D eigenvalue weighted by Crippen LogP contribution is -2.47. The first-order chi connectivity index (χ1) is 9.99. The van der Waals surface area contributed by atoms with E-state index in [-0.39, 0.29) is 6.54 Å². The van der Waals surface area contributed by atoms with Gasteiger partial charge in [-0.15, -0.1) is 0 Å². The highest BCUT2D eigenvalue weighted by Crippen LogP contribution is 2.18. The van der Waals surface area contributed by atoms with E-state index in [4.69, 9.17) is 5.11 Å². The van der Waals surface area contributed by atoms with Crippen molar-refractivity contribution in [3.05, 3.63) is 0 Å². The lowest BCUT2D eigenvalue weighted by atomic mass is 10.0. The summed E-state index contributed by atoms with van der Waals surface area (Å²) in [6, 6.07) is 0. The smallest absolute Gasteiger partial charge is 0.307 e. The zero-order chi connectivity index (χ0) is 15.3. The maximum atomic E-state index is 12.2. The molecule has 0 aromatic heterocycles. The molecule has 2 rings (SSSR count). The van der Waals surface area contributed by atoms with Crippen molar-refractivity contribution in [2.45, 2.75) is 32.1 Å². The Bertz CT molecular complexity index is 448. The summed E-state index contributed by atoms with van der Waals surface area (Å²) < 4.78 is 28.2. The van der Waals surface area contributed by atoms with Crippen molar-refractivity contribution in [1.82, 2.24) is 13.9 Å². The number of hydrogen-bond acceptors (Lipinski definition) is 4. The number of carboxylic acids is 1. The van der Waals surface area contributed by atoms with Crippen LogP contribution >= 0.6 is 0 Å². The summed E-state index contributed by atoms with van der Waals surface area (Å²) in [4.78, 5) is 13.3. The van der Waals surface area contributed by atoms with Crippen LogP contribution in [0.1, 0.15) is 32.1 Å². The van der Waals surface area contributed by atoms with E-state index in [1.165, 1.54) is 17.1 Å². The van der Waals surface area contributed by atoms with Gasteiger partial charge in [0.15, 0.2) is 0 Å². The molecule has 2 aliphatic rings. The Morgan fingerprint density at radius 1 is 1.19 bits per heavy atom. The van der Waals surface area contributed by atoms with Crippen LogP contribution in [-0.2, 0) is 15.0 Å². The molecule has 1 unspecified atom stereocenters. The van der Waals surface area contributed by atoms with E-state index in [1.54, 1.807) is 0 Å². The van der Waals surface area contributed by atoms with E-state index < -0.39 is 22.1 Å². The highest BCUT2D eigenvalue weighted by atomic mass is 32.2. The van der Waals surface area contributed by atoms with Gasteiger partial charge in [0.25, 0.3) is 10.2 Å². The van der Waals surface area contributed by atoms with Crippen molar-refractivity contribution in [3.63, 3.8) is 0 Å². The van der Waals surface area contributed by atoms with E-state index in [9.17, 15) is 13.2 Å². The van der Waals surface area contributed by atoms with Crippen LogP contribution in [0.4, 0.5) is 0 Å². The second-order valence-corrected chi connectivity index (χ2v) is 7.59. The van der Waals surface area contributed by atoms with Crippen LogP contribution in [0, 0.1) is 5.92 Å². The fourth-order valence-corrected chi connectivity index (χ4v) is 4.29. The molecule has 0 saturated carbocycles. The fourth-order valence-electron chi connectivity index (χ4n) is 2.96. The number of rotatable bonds is 7. The number of hydrogen-bond donors (Lipinski definition) is 2. The molecule has 2 heterocycles. The van der Waals surface area contributed by atoms with E-state index in [2.05, 4.69) is 9.62 Å². The monoisotopic (exact) mass is 319 g/mol. The molecule has 0 bridgehead atoms. The summed E-state index contributed by atoms with van der Waals surface area (Å²) >= 11 is 0. The maximum absolute atomic E-state index is 12.2. The van der Waals surface area contributed by atoms with E-state index in [0.717, 1.165) is 26.1 Å². The molecule has 1 atom stereocenters. The molecular formula is C13H25N3O4S. The predicted molar refractivity (Wildman–Crippen MR) is 79.1 cm³/mol. The van der Waals surface area contributed by atoms with Gasteiger partial charge in [-0.1, -0.05) is 0 Å². The molecule has 0 aromatic carbocycles.